The number of urea groups is 1. The molecule has 0 atom stereocenters. The van der Waals surface area contributed by atoms with Crippen LogP contribution in [0, 0.1) is 0 Å². The summed E-state index contributed by atoms with van der Waals surface area (Å²) in [6.45, 7) is 4.88. The van der Waals surface area contributed by atoms with Gasteiger partial charge in [0.25, 0.3) is 0 Å². The number of para-hydroxylation sites is 2. The van der Waals surface area contributed by atoms with E-state index in [9.17, 15) is 13.2 Å². The predicted octanol–water partition coefficient (Wildman–Crippen LogP) is 2.22. The van der Waals surface area contributed by atoms with E-state index < -0.39 is 10.0 Å². The molecule has 4 rings (SSSR count). The number of hydrogen-bond acceptors (Lipinski definition) is 5. The number of ether oxygens (including phenoxy) is 1. The third-order valence-corrected chi connectivity index (χ3v) is 7.54. The average Bonchev–Trinajstić information content (AvgIpc) is 3.20. The fraction of sp³-hybridized carbons (Fsp3) is 0.391. The van der Waals surface area contributed by atoms with Crippen molar-refractivity contribution in [2.45, 2.75) is 32.3 Å². The second-order valence-electron chi connectivity index (χ2n) is 7.83. The van der Waals surface area contributed by atoms with E-state index in [0.717, 1.165) is 29.0 Å². The number of fused-ring (bicyclic) bond motifs is 1. The number of hydrogen-bond donors (Lipinski definition) is 2. The van der Waals surface area contributed by atoms with Gasteiger partial charge in [0.05, 0.1) is 36.5 Å². The lowest BCUT2D eigenvalue weighted by Crippen LogP contribution is -2.41. The topological polar surface area (TPSA) is 106 Å². The van der Waals surface area contributed by atoms with E-state index >= 15 is 0 Å². The van der Waals surface area contributed by atoms with Crippen molar-refractivity contribution in [3.8, 4) is 0 Å². The first-order valence-electron chi connectivity index (χ1n) is 11.1. The number of morpholine rings is 1. The molecule has 2 N–H and O–H groups in total. The van der Waals surface area contributed by atoms with Gasteiger partial charge in [-0.15, -0.1) is 0 Å². The molecule has 1 aliphatic heterocycles. The molecule has 3 aromatic rings. The van der Waals surface area contributed by atoms with Crippen molar-refractivity contribution >= 4 is 27.1 Å². The molecular weight excluding hydrogens is 442 g/mol. The molecule has 0 aliphatic carbocycles. The standard InChI is InChI=1S/C23H29N5O4S/c1-2-28-21-10-6-5-9-20(21)26-22(28)16-25-23(29)24-15-18-7-3-4-8-19(18)17-33(30,31)27-11-13-32-14-12-27/h3-10H,2,11-17H2,1H3,(H2,24,25,29). The molecule has 0 unspecified atom stereocenters. The number of nitrogens with one attached hydrogen (secondary N) is 2. The van der Waals surface area contributed by atoms with Gasteiger partial charge in [-0.25, -0.2) is 18.2 Å². The Morgan fingerprint density at radius 2 is 1.67 bits per heavy atom. The Morgan fingerprint density at radius 1 is 1.00 bits per heavy atom. The molecule has 1 aromatic heterocycles. The molecule has 0 spiro atoms. The number of sulfonamides is 1. The Kier molecular flexibility index (Phi) is 7.26. The minimum absolute atomic E-state index is 0.104. The summed E-state index contributed by atoms with van der Waals surface area (Å²) in [7, 11) is -3.45. The highest BCUT2D eigenvalue weighted by molar-refractivity contribution is 7.88. The molecule has 0 bridgehead atoms. The average molecular weight is 472 g/mol. The fourth-order valence-corrected chi connectivity index (χ4v) is 5.56. The van der Waals surface area contributed by atoms with E-state index in [1.807, 2.05) is 49.4 Å². The normalized spacial score (nSPS) is 14.9. The summed E-state index contributed by atoms with van der Waals surface area (Å²) in [6, 6.07) is 14.8. The number of nitrogens with zero attached hydrogens (tertiary/aromatic N) is 3. The van der Waals surface area contributed by atoms with E-state index in [0.29, 0.717) is 38.4 Å². The molecular formula is C23H29N5O4S. The minimum Gasteiger partial charge on any atom is -0.379 e. The number of benzene rings is 2. The molecule has 1 fully saturated rings. The molecule has 1 aliphatic rings. The number of carbonyl (C=O) groups is 1. The molecule has 176 valence electrons. The van der Waals surface area contributed by atoms with Crippen LogP contribution in [0.2, 0.25) is 0 Å². The number of carbonyl (C=O) groups excluding carboxylic acids is 1. The summed E-state index contributed by atoms with van der Waals surface area (Å²) in [5.41, 5.74) is 3.38. The van der Waals surface area contributed by atoms with Crippen LogP contribution in [0.25, 0.3) is 11.0 Å². The van der Waals surface area contributed by atoms with Crippen molar-refractivity contribution in [1.29, 1.82) is 0 Å². The highest BCUT2D eigenvalue weighted by Crippen LogP contribution is 2.17. The first kappa shape index (κ1) is 23.2. The van der Waals surface area contributed by atoms with E-state index in [1.54, 1.807) is 6.07 Å². The van der Waals surface area contributed by atoms with Gasteiger partial charge in [-0.05, 0) is 30.2 Å². The molecule has 1 saturated heterocycles. The Hall–Kier alpha value is -2.95. The molecule has 10 heteroatoms. The molecule has 2 aromatic carbocycles. The number of amides is 2. The van der Waals surface area contributed by atoms with Crippen molar-refractivity contribution in [1.82, 2.24) is 24.5 Å². The lowest BCUT2D eigenvalue weighted by Gasteiger charge is -2.26. The molecule has 0 radical (unpaired) electrons. The molecule has 2 heterocycles. The van der Waals surface area contributed by atoms with E-state index in [4.69, 9.17) is 4.74 Å². The van der Waals surface area contributed by atoms with Crippen molar-refractivity contribution in [2.24, 2.45) is 0 Å². The van der Waals surface area contributed by atoms with Gasteiger partial charge in [0.15, 0.2) is 0 Å². The van der Waals surface area contributed by atoms with Crippen molar-refractivity contribution in [3.63, 3.8) is 0 Å². The van der Waals surface area contributed by atoms with Crippen molar-refractivity contribution < 1.29 is 17.9 Å². The van der Waals surface area contributed by atoms with Crippen LogP contribution in [-0.2, 0) is 40.1 Å². The Bertz CT molecular complexity index is 1220. The molecule has 2 amide bonds. The van der Waals surface area contributed by atoms with Crippen molar-refractivity contribution in [2.75, 3.05) is 26.3 Å². The Labute approximate surface area is 193 Å². The van der Waals surface area contributed by atoms with Crippen LogP contribution in [0.15, 0.2) is 48.5 Å². The minimum atomic E-state index is -3.45. The van der Waals surface area contributed by atoms with Crippen LogP contribution in [-0.4, -0.2) is 54.6 Å². The largest absolute Gasteiger partial charge is 0.379 e. The zero-order chi connectivity index (χ0) is 23.3. The van der Waals surface area contributed by atoms with Crippen LogP contribution in [0.5, 0.6) is 0 Å². The first-order chi connectivity index (χ1) is 16.0. The zero-order valence-electron chi connectivity index (χ0n) is 18.7. The maximum Gasteiger partial charge on any atom is 0.315 e. The molecule has 0 saturated carbocycles. The lowest BCUT2D eigenvalue weighted by atomic mass is 10.1. The van der Waals surface area contributed by atoms with Gasteiger partial charge in [-0.2, -0.15) is 4.31 Å². The summed E-state index contributed by atoms with van der Waals surface area (Å²) < 4.78 is 34.4. The molecule has 33 heavy (non-hydrogen) atoms. The van der Waals surface area contributed by atoms with E-state index in [1.165, 1.54) is 4.31 Å². The summed E-state index contributed by atoms with van der Waals surface area (Å²) in [6.07, 6.45) is 0. The van der Waals surface area contributed by atoms with Gasteiger partial charge in [0.2, 0.25) is 10.0 Å². The SMILES string of the molecule is CCn1c(CNC(=O)NCc2ccccc2CS(=O)(=O)N2CCOCC2)nc2ccccc21. The lowest BCUT2D eigenvalue weighted by molar-refractivity contribution is 0.0729. The maximum atomic E-state index is 12.8. The second-order valence-corrected chi connectivity index (χ2v) is 9.80. The van der Waals surface area contributed by atoms with Crippen LogP contribution in [0.3, 0.4) is 0 Å². The Balaban J connectivity index is 1.36. The van der Waals surface area contributed by atoms with Gasteiger partial charge in [-0.3, -0.25) is 0 Å². The summed E-state index contributed by atoms with van der Waals surface area (Å²) in [4.78, 5) is 17.1. The van der Waals surface area contributed by atoms with Crippen LogP contribution in [0.1, 0.15) is 23.9 Å². The number of aromatic nitrogens is 2. The second kappa shape index (κ2) is 10.3. The number of rotatable bonds is 8. The third-order valence-electron chi connectivity index (χ3n) is 5.72. The third kappa shape index (κ3) is 5.52. The van der Waals surface area contributed by atoms with Gasteiger partial charge in [-0.1, -0.05) is 36.4 Å². The fourth-order valence-electron chi connectivity index (χ4n) is 3.99. The van der Waals surface area contributed by atoms with E-state index in [-0.39, 0.29) is 18.3 Å². The highest BCUT2D eigenvalue weighted by atomic mass is 32.2. The van der Waals surface area contributed by atoms with Crippen LogP contribution < -0.4 is 10.6 Å². The highest BCUT2D eigenvalue weighted by Gasteiger charge is 2.25. The maximum absolute atomic E-state index is 12.8. The van der Waals surface area contributed by atoms with Gasteiger partial charge >= 0.3 is 6.03 Å². The molecule has 9 nitrogen and oxygen atoms in total. The first-order valence-corrected chi connectivity index (χ1v) is 12.7. The quantitative estimate of drug-likeness (QED) is 0.524. The predicted molar refractivity (Wildman–Crippen MR) is 126 cm³/mol. The van der Waals surface area contributed by atoms with Gasteiger partial charge in [0.1, 0.15) is 5.82 Å². The summed E-state index contributed by atoms with van der Waals surface area (Å²) in [5, 5.41) is 5.68. The Morgan fingerprint density at radius 3 is 2.42 bits per heavy atom. The van der Waals surface area contributed by atoms with Crippen molar-refractivity contribution in [3.05, 3.63) is 65.5 Å². The van der Waals surface area contributed by atoms with Crippen LogP contribution in [0.4, 0.5) is 4.79 Å². The smallest absolute Gasteiger partial charge is 0.315 e. The zero-order valence-corrected chi connectivity index (χ0v) is 19.5. The number of imidazole rings is 1. The van der Waals surface area contributed by atoms with Crippen LogP contribution >= 0.6 is 0 Å². The number of aryl methyl sites for hydroxylation is 1. The van der Waals surface area contributed by atoms with Gasteiger partial charge < -0.3 is 19.9 Å². The van der Waals surface area contributed by atoms with Gasteiger partial charge in [0, 0.05) is 26.2 Å². The van der Waals surface area contributed by atoms with E-state index in [2.05, 4.69) is 20.2 Å². The summed E-state index contributed by atoms with van der Waals surface area (Å²) in [5.74, 6) is 0.679. The summed E-state index contributed by atoms with van der Waals surface area (Å²) >= 11 is 0. The monoisotopic (exact) mass is 471 g/mol.